The third-order valence-electron chi connectivity index (χ3n) is 5.46. The first-order chi connectivity index (χ1) is 12.2. The number of aromatic nitrogens is 3. The molecule has 4 rings (SSSR count). The molecule has 2 aliphatic rings. The van der Waals surface area contributed by atoms with Crippen LogP contribution in [0.25, 0.3) is 0 Å². The third kappa shape index (κ3) is 3.06. The van der Waals surface area contributed by atoms with Gasteiger partial charge in [-0.05, 0) is 49.1 Å². The quantitative estimate of drug-likeness (QED) is 0.851. The van der Waals surface area contributed by atoms with E-state index in [4.69, 9.17) is 0 Å². The van der Waals surface area contributed by atoms with Crippen LogP contribution in [0.1, 0.15) is 29.2 Å². The van der Waals surface area contributed by atoms with Crippen molar-refractivity contribution < 1.29 is 9.90 Å². The summed E-state index contributed by atoms with van der Waals surface area (Å²) in [6.45, 7) is 1.46. The normalized spacial score (nSPS) is 28.8. The molecule has 1 saturated heterocycles. The number of carbonyl (C=O) groups excluding carboxylic acids is 1. The zero-order valence-electron chi connectivity index (χ0n) is 14.2. The molecule has 1 N–H and O–H groups in total. The Morgan fingerprint density at radius 2 is 2.04 bits per heavy atom. The second kappa shape index (κ2) is 6.80. The molecule has 3 heterocycles. The number of carbonyl (C=O) groups is 1. The summed E-state index contributed by atoms with van der Waals surface area (Å²) < 4.78 is 1.86. The van der Waals surface area contributed by atoms with Crippen LogP contribution in [0.4, 0.5) is 0 Å². The topological polar surface area (TPSA) is 71.2 Å². The van der Waals surface area contributed by atoms with Gasteiger partial charge in [-0.1, -0.05) is 0 Å². The van der Waals surface area contributed by atoms with E-state index < -0.39 is 6.10 Å². The van der Waals surface area contributed by atoms with Crippen LogP contribution in [0.2, 0.25) is 0 Å². The molecule has 0 bridgehead atoms. The summed E-state index contributed by atoms with van der Waals surface area (Å²) in [6, 6.07) is 5.56. The number of thioether (sulfide) groups is 1. The number of nitrogens with zero attached hydrogens (tertiary/aromatic N) is 4. The van der Waals surface area contributed by atoms with Crippen molar-refractivity contribution in [2.45, 2.75) is 30.0 Å². The van der Waals surface area contributed by atoms with Crippen molar-refractivity contribution in [1.82, 2.24) is 19.7 Å². The standard InChI is InChI=1S/C18H22N4O2S/c1-25-17-14(4-2-5-19-17)18(24)21-10-12-8-15(22-7-3-6-20-22)16(23)9-13(12)11-21/h2-7,12-13,15-16,23H,8-11H2,1H3/t12-,13+,15-,16-/m1/s1. The van der Waals surface area contributed by atoms with E-state index in [0.717, 1.165) is 31.0 Å². The van der Waals surface area contributed by atoms with Crippen LogP contribution in [-0.4, -0.2) is 56.1 Å². The summed E-state index contributed by atoms with van der Waals surface area (Å²) in [5.74, 6) is 0.827. The first-order valence-electron chi connectivity index (χ1n) is 8.63. The Hall–Kier alpha value is -1.86. The van der Waals surface area contributed by atoms with Crippen LogP contribution >= 0.6 is 11.8 Å². The van der Waals surface area contributed by atoms with Crippen molar-refractivity contribution in [2.24, 2.45) is 11.8 Å². The Bertz CT molecular complexity index is 751. The van der Waals surface area contributed by atoms with Crippen molar-refractivity contribution in [1.29, 1.82) is 0 Å². The van der Waals surface area contributed by atoms with Crippen molar-refractivity contribution >= 4 is 17.7 Å². The largest absolute Gasteiger partial charge is 0.391 e. The minimum atomic E-state index is -0.406. The summed E-state index contributed by atoms with van der Waals surface area (Å²) in [5, 5.41) is 15.6. The monoisotopic (exact) mass is 358 g/mol. The minimum absolute atomic E-state index is 0.00597. The zero-order valence-corrected chi connectivity index (χ0v) is 15.0. The first-order valence-corrected chi connectivity index (χ1v) is 9.85. The van der Waals surface area contributed by atoms with Crippen LogP contribution in [-0.2, 0) is 0 Å². The molecule has 1 aliphatic carbocycles. The zero-order chi connectivity index (χ0) is 17.4. The summed E-state index contributed by atoms with van der Waals surface area (Å²) in [7, 11) is 0. The van der Waals surface area contributed by atoms with Crippen LogP contribution < -0.4 is 0 Å². The van der Waals surface area contributed by atoms with Crippen LogP contribution in [0, 0.1) is 11.8 Å². The lowest BCUT2D eigenvalue weighted by Gasteiger charge is -2.35. The Balaban J connectivity index is 1.50. The SMILES string of the molecule is CSc1ncccc1C(=O)N1C[C@H]2C[C@@H](n3cccn3)[C@H](O)C[C@H]2C1. The fourth-order valence-electron chi connectivity index (χ4n) is 4.22. The summed E-state index contributed by atoms with van der Waals surface area (Å²) in [5.41, 5.74) is 0.679. The Kier molecular flexibility index (Phi) is 4.52. The molecule has 1 amide bonds. The first kappa shape index (κ1) is 16.6. The lowest BCUT2D eigenvalue weighted by atomic mass is 9.77. The molecule has 0 radical (unpaired) electrons. The van der Waals surface area contributed by atoms with Crippen LogP contribution in [0.15, 0.2) is 41.8 Å². The third-order valence-corrected chi connectivity index (χ3v) is 6.17. The van der Waals surface area contributed by atoms with Gasteiger partial charge in [0.2, 0.25) is 0 Å². The molecule has 0 aromatic carbocycles. The molecule has 2 fully saturated rings. The Labute approximate surface area is 151 Å². The predicted molar refractivity (Wildman–Crippen MR) is 95.4 cm³/mol. The summed E-state index contributed by atoms with van der Waals surface area (Å²) >= 11 is 1.50. The molecule has 25 heavy (non-hydrogen) atoms. The van der Waals surface area contributed by atoms with Gasteiger partial charge in [0.15, 0.2) is 0 Å². The van der Waals surface area contributed by atoms with Crippen LogP contribution in [0.5, 0.6) is 0 Å². The van der Waals surface area contributed by atoms with Gasteiger partial charge < -0.3 is 10.0 Å². The number of likely N-dealkylation sites (tertiary alicyclic amines) is 1. The molecule has 132 valence electrons. The number of pyridine rings is 1. The summed E-state index contributed by atoms with van der Waals surface area (Å²) in [4.78, 5) is 19.2. The highest BCUT2D eigenvalue weighted by Crippen LogP contribution is 2.41. The Morgan fingerprint density at radius 3 is 2.76 bits per heavy atom. The van der Waals surface area contributed by atoms with Gasteiger partial charge in [-0.25, -0.2) is 4.98 Å². The van der Waals surface area contributed by atoms with Crippen molar-refractivity contribution in [2.75, 3.05) is 19.3 Å². The van der Waals surface area contributed by atoms with Gasteiger partial charge in [0, 0.05) is 31.7 Å². The average molecular weight is 358 g/mol. The van der Waals surface area contributed by atoms with E-state index >= 15 is 0 Å². The number of rotatable bonds is 3. The number of hydrogen-bond donors (Lipinski definition) is 1. The highest BCUT2D eigenvalue weighted by Gasteiger charge is 2.44. The molecular weight excluding hydrogens is 336 g/mol. The molecule has 4 atom stereocenters. The number of hydrogen-bond acceptors (Lipinski definition) is 5. The second-order valence-electron chi connectivity index (χ2n) is 6.88. The predicted octanol–water partition coefficient (Wildman–Crippen LogP) is 2.08. The van der Waals surface area contributed by atoms with Gasteiger partial charge in [0.1, 0.15) is 5.03 Å². The molecule has 7 heteroatoms. The van der Waals surface area contributed by atoms with Gasteiger partial charge in [-0.3, -0.25) is 9.48 Å². The number of amides is 1. The lowest BCUT2D eigenvalue weighted by molar-refractivity contribution is 0.0306. The van der Waals surface area contributed by atoms with Crippen LogP contribution in [0.3, 0.4) is 0 Å². The molecule has 1 saturated carbocycles. The van der Waals surface area contributed by atoms with Gasteiger partial charge in [-0.15, -0.1) is 11.8 Å². The minimum Gasteiger partial charge on any atom is -0.391 e. The molecule has 0 spiro atoms. The van der Waals surface area contributed by atoms with E-state index in [2.05, 4.69) is 10.1 Å². The van der Waals surface area contributed by atoms with Gasteiger partial charge in [-0.2, -0.15) is 5.10 Å². The van der Waals surface area contributed by atoms with Gasteiger partial charge in [0.05, 0.1) is 17.7 Å². The smallest absolute Gasteiger partial charge is 0.256 e. The highest BCUT2D eigenvalue weighted by molar-refractivity contribution is 7.98. The van der Waals surface area contributed by atoms with E-state index in [-0.39, 0.29) is 11.9 Å². The van der Waals surface area contributed by atoms with E-state index in [9.17, 15) is 9.90 Å². The molecule has 2 aromatic rings. The molecule has 1 aliphatic heterocycles. The maximum absolute atomic E-state index is 13.0. The second-order valence-corrected chi connectivity index (χ2v) is 7.68. The van der Waals surface area contributed by atoms with E-state index in [1.54, 1.807) is 12.4 Å². The molecule has 2 aromatic heterocycles. The number of fused-ring (bicyclic) bond motifs is 1. The fourth-order valence-corrected chi connectivity index (χ4v) is 4.76. The van der Waals surface area contributed by atoms with E-state index in [1.165, 1.54) is 11.8 Å². The van der Waals surface area contributed by atoms with E-state index in [0.29, 0.717) is 17.4 Å². The van der Waals surface area contributed by atoms with E-state index in [1.807, 2.05) is 40.2 Å². The lowest BCUT2D eigenvalue weighted by Crippen LogP contribution is -2.36. The van der Waals surface area contributed by atoms with Gasteiger partial charge >= 0.3 is 0 Å². The average Bonchev–Trinajstić information content (AvgIpc) is 3.29. The van der Waals surface area contributed by atoms with Crippen molar-refractivity contribution in [3.8, 4) is 0 Å². The fraction of sp³-hybridized carbons (Fsp3) is 0.500. The van der Waals surface area contributed by atoms with Crippen molar-refractivity contribution in [3.63, 3.8) is 0 Å². The number of aliphatic hydroxyl groups is 1. The maximum Gasteiger partial charge on any atom is 0.256 e. The summed E-state index contributed by atoms with van der Waals surface area (Å²) in [6.07, 6.45) is 8.49. The van der Waals surface area contributed by atoms with Crippen molar-refractivity contribution in [3.05, 3.63) is 42.4 Å². The highest BCUT2D eigenvalue weighted by atomic mass is 32.2. The maximum atomic E-state index is 13.0. The molecular formula is C18H22N4O2S. The Morgan fingerprint density at radius 1 is 1.24 bits per heavy atom. The number of aliphatic hydroxyl groups excluding tert-OH is 1. The van der Waals surface area contributed by atoms with Gasteiger partial charge in [0.25, 0.3) is 5.91 Å². The molecule has 0 unspecified atom stereocenters. The molecule has 6 nitrogen and oxygen atoms in total.